The fourth-order valence-electron chi connectivity index (χ4n) is 7.74. The molecule has 4 fully saturated rings. The quantitative estimate of drug-likeness (QED) is 0.320. The highest BCUT2D eigenvalue weighted by Crippen LogP contribution is 2.47. The first-order valence-electron chi connectivity index (χ1n) is 14.6. The molecule has 1 aromatic heterocycles. The number of nitrogens with one attached hydrogen (secondary N) is 1. The van der Waals surface area contributed by atoms with Gasteiger partial charge in [-0.05, 0) is 57.4 Å². The molecule has 0 amide bonds. The highest BCUT2D eigenvalue weighted by molar-refractivity contribution is 6.32. The van der Waals surface area contributed by atoms with E-state index in [0.717, 1.165) is 31.9 Å². The molecule has 44 heavy (non-hydrogen) atoms. The Labute approximate surface area is 254 Å². The first kappa shape index (κ1) is 29.7. The van der Waals surface area contributed by atoms with Crippen LogP contribution in [-0.2, 0) is 6.18 Å². The van der Waals surface area contributed by atoms with E-state index in [-0.39, 0.29) is 41.8 Å². The van der Waals surface area contributed by atoms with Gasteiger partial charge in [0.25, 0.3) is 0 Å². The van der Waals surface area contributed by atoms with Gasteiger partial charge in [-0.15, -0.1) is 0 Å². The molecule has 2 bridgehead atoms. The van der Waals surface area contributed by atoms with Crippen molar-refractivity contribution in [2.24, 2.45) is 0 Å². The number of hydrogen-bond donors (Lipinski definition) is 2. The van der Waals surface area contributed by atoms with Crippen LogP contribution in [0.5, 0.6) is 11.8 Å². The highest BCUT2D eigenvalue weighted by Gasteiger charge is 2.49. The van der Waals surface area contributed by atoms with E-state index >= 15 is 8.78 Å². The zero-order chi connectivity index (χ0) is 31.2. The van der Waals surface area contributed by atoms with E-state index in [9.17, 15) is 22.7 Å². The summed E-state index contributed by atoms with van der Waals surface area (Å²) in [7, 11) is 0. The summed E-state index contributed by atoms with van der Waals surface area (Å²) in [4.78, 5) is 12.8. The average molecular weight is 642 g/mol. The van der Waals surface area contributed by atoms with Gasteiger partial charge < -0.3 is 20.1 Å². The van der Waals surface area contributed by atoms with E-state index in [1.165, 1.54) is 0 Å². The number of phenolic OH excluding ortho intramolecular Hbond substituents is 1. The smallest absolute Gasteiger partial charge is 0.418 e. The van der Waals surface area contributed by atoms with E-state index in [1.54, 1.807) is 0 Å². The first-order valence-corrected chi connectivity index (χ1v) is 15.0. The van der Waals surface area contributed by atoms with Gasteiger partial charge in [0.1, 0.15) is 35.7 Å². The number of alkyl halides is 4. The lowest BCUT2D eigenvalue weighted by Gasteiger charge is -2.40. The number of fused-ring (bicyclic) bond motifs is 4. The Balaban J connectivity index is 1.39. The molecule has 0 aliphatic carbocycles. The molecule has 3 aromatic rings. The topological polar surface area (TPSA) is 73.8 Å². The molecule has 2 N–H and O–H groups in total. The normalized spacial score (nSPS) is 28.7. The molecule has 14 heteroatoms. The number of aromatic hydroxyl groups is 1. The third kappa shape index (κ3) is 4.91. The van der Waals surface area contributed by atoms with Crippen molar-refractivity contribution in [2.45, 2.75) is 68.5 Å². The molecule has 4 aliphatic rings. The Hall–Kier alpha value is -3.03. The number of benzene rings is 2. The molecule has 2 aromatic carbocycles. The van der Waals surface area contributed by atoms with Crippen molar-refractivity contribution in [1.29, 1.82) is 0 Å². The third-order valence-corrected chi connectivity index (χ3v) is 9.88. The number of nitrogens with zero attached hydrogens (tertiary/aromatic N) is 4. The van der Waals surface area contributed by atoms with E-state index in [0.29, 0.717) is 38.2 Å². The molecule has 0 spiro atoms. The van der Waals surface area contributed by atoms with Crippen LogP contribution < -0.4 is 15.0 Å². The number of aromatic nitrogens is 2. The molecule has 5 heterocycles. The molecule has 0 radical (unpaired) electrons. The minimum atomic E-state index is -5.09. The fourth-order valence-corrected chi connectivity index (χ4v) is 8.06. The molecule has 4 aliphatic heterocycles. The van der Waals surface area contributed by atoms with Gasteiger partial charge in [-0.3, -0.25) is 4.90 Å². The second-order valence-electron chi connectivity index (χ2n) is 12.8. The van der Waals surface area contributed by atoms with Crippen LogP contribution in [0.15, 0.2) is 18.2 Å². The molecule has 7 rings (SSSR count). The van der Waals surface area contributed by atoms with Gasteiger partial charge >= 0.3 is 12.2 Å². The molecule has 4 atom stereocenters. The van der Waals surface area contributed by atoms with Crippen molar-refractivity contribution in [3.63, 3.8) is 0 Å². The molecule has 4 saturated heterocycles. The number of piperazine rings is 1. The van der Waals surface area contributed by atoms with Crippen molar-refractivity contribution in [3.05, 3.63) is 40.4 Å². The molecule has 0 saturated carbocycles. The molecular formula is C30H30ClF6N5O2. The zero-order valence-electron chi connectivity index (χ0n) is 23.7. The lowest BCUT2D eigenvalue weighted by Crippen LogP contribution is -2.58. The van der Waals surface area contributed by atoms with Crippen LogP contribution in [0.3, 0.4) is 0 Å². The molecular weight excluding hydrogens is 612 g/mol. The minimum absolute atomic E-state index is 0.0360. The van der Waals surface area contributed by atoms with E-state index in [1.807, 2.05) is 16.7 Å². The van der Waals surface area contributed by atoms with Crippen LogP contribution in [0.1, 0.15) is 44.6 Å². The van der Waals surface area contributed by atoms with Crippen LogP contribution >= 0.6 is 11.6 Å². The number of halogens is 7. The Morgan fingerprint density at radius 3 is 2.70 bits per heavy atom. The highest BCUT2D eigenvalue weighted by atomic mass is 35.5. The van der Waals surface area contributed by atoms with Gasteiger partial charge in [-0.2, -0.15) is 23.1 Å². The second kappa shape index (κ2) is 10.2. The summed E-state index contributed by atoms with van der Waals surface area (Å²) >= 11 is 5.83. The summed E-state index contributed by atoms with van der Waals surface area (Å²) in [6.45, 7) is 4.04. The van der Waals surface area contributed by atoms with Crippen molar-refractivity contribution >= 4 is 28.3 Å². The Morgan fingerprint density at radius 2 is 1.95 bits per heavy atom. The number of ether oxygens (including phenoxy) is 1. The maximum absolute atomic E-state index is 16.5. The van der Waals surface area contributed by atoms with Gasteiger partial charge in [0, 0.05) is 48.6 Å². The molecule has 236 valence electrons. The van der Waals surface area contributed by atoms with E-state index < -0.39 is 62.5 Å². The predicted octanol–water partition coefficient (Wildman–Crippen LogP) is 6.24. The van der Waals surface area contributed by atoms with Gasteiger partial charge in [0.2, 0.25) is 0 Å². The van der Waals surface area contributed by atoms with Gasteiger partial charge in [0.15, 0.2) is 5.82 Å². The Kier molecular flexibility index (Phi) is 6.91. The van der Waals surface area contributed by atoms with Crippen molar-refractivity contribution in [3.8, 4) is 22.9 Å². The van der Waals surface area contributed by atoms with E-state index in [2.05, 4.69) is 15.3 Å². The number of phenols is 1. The van der Waals surface area contributed by atoms with Crippen LogP contribution in [0, 0.1) is 11.6 Å². The average Bonchev–Trinajstić information content (AvgIpc) is 3.54. The van der Waals surface area contributed by atoms with Crippen LogP contribution in [0.25, 0.3) is 22.0 Å². The monoisotopic (exact) mass is 641 g/mol. The molecule has 7 nitrogen and oxygen atoms in total. The third-order valence-electron chi connectivity index (χ3n) is 9.58. The summed E-state index contributed by atoms with van der Waals surface area (Å²) in [6.07, 6.45) is -2.48. The Bertz CT molecular complexity index is 1660. The predicted molar refractivity (Wildman–Crippen MR) is 152 cm³/mol. The van der Waals surface area contributed by atoms with Crippen LogP contribution in [0.4, 0.5) is 32.2 Å². The lowest BCUT2D eigenvalue weighted by atomic mass is 9.95. The first-order chi connectivity index (χ1) is 20.8. The SMILES string of the molecule is C[C@]12CCC(CN(c3nc(OC[C@@]45CCCN4C[C@H](F)C5)nc4c(F)c(-c5cc(O)cc(Cl)c5C(F)(F)F)c(F)cc34)C1)N2. The van der Waals surface area contributed by atoms with Crippen molar-refractivity contribution in [2.75, 3.05) is 37.7 Å². The molecule has 1 unspecified atom stereocenters. The summed E-state index contributed by atoms with van der Waals surface area (Å²) in [5.74, 6) is -3.19. The fraction of sp³-hybridized carbons (Fsp3) is 0.533. The van der Waals surface area contributed by atoms with Crippen molar-refractivity contribution in [1.82, 2.24) is 20.2 Å². The van der Waals surface area contributed by atoms with Gasteiger partial charge in [-0.25, -0.2) is 13.2 Å². The summed E-state index contributed by atoms with van der Waals surface area (Å²) < 4.78 is 94.9. The number of rotatable bonds is 5. The second-order valence-corrected chi connectivity index (χ2v) is 13.2. The van der Waals surface area contributed by atoms with Gasteiger partial charge in [0.05, 0.1) is 21.7 Å². The Morgan fingerprint density at radius 1 is 1.16 bits per heavy atom. The standard InChI is InChI=1S/C30H30ClF6N5O2/c1-28-5-3-16(40-28)12-41(13-28)26-19-9-21(33)22(18-7-17(43)8-20(31)23(18)30(35,36)37)24(34)25(19)38-27(39-26)44-14-29-4-2-6-42(29)11-15(32)10-29/h7-9,15-16,40,43H,2-6,10-14H2,1H3/t15-,16?,28+,29+/m1/s1. The lowest BCUT2D eigenvalue weighted by molar-refractivity contribution is -0.137. The minimum Gasteiger partial charge on any atom is -0.508 e. The number of anilines is 1. The van der Waals surface area contributed by atoms with Gasteiger partial charge in [-0.1, -0.05) is 11.6 Å². The zero-order valence-corrected chi connectivity index (χ0v) is 24.5. The van der Waals surface area contributed by atoms with Crippen LogP contribution in [-0.4, -0.2) is 76.1 Å². The van der Waals surface area contributed by atoms with Crippen molar-refractivity contribution < 1.29 is 36.2 Å². The maximum atomic E-state index is 16.5. The maximum Gasteiger partial charge on any atom is 0.418 e. The summed E-state index contributed by atoms with van der Waals surface area (Å²) in [5, 5.41) is 12.7. The summed E-state index contributed by atoms with van der Waals surface area (Å²) in [6, 6.07) is 2.06. The number of hydrogen-bond acceptors (Lipinski definition) is 7. The largest absolute Gasteiger partial charge is 0.508 e. The van der Waals surface area contributed by atoms with E-state index in [4.69, 9.17) is 16.3 Å². The van der Waals surface area contributed by atoms with Crippen LogP contribution in [0.2, 0.25) is 5.02 Å². The summed E-state index contributed by atoms with van der Waals surface area (Å²) in [5.41, 5.74) is -4.78.